The largest absolute Gasteiger partial charge is 0.479 e. The summed E-state index contributed by atoms with van der Waals surface area (Å²) < 4.78 is 10.5. The van der Waals surface area contributed by atoms with Crippen molar-refractivity contribution in [3.8, 4) is 11.8 Å². The second-order valence-electron chi connectivity index (χ2n) is 7.16. The van der Waals surface area contributed by atoms with Gasteiger partial charge in [-0.3, -0.25) is 0 Å². The minimum atomic E-state index is -0.512. The van der Waals surface area contributed by atoms with E-state index in [-0.39, 0.29) is 6.61 Å². The predicted molar refractivity (Wildman–Crippen MR) is 94.1 cm³/mol. The number of amides is 1. The molecule has 0 aliphatic heterocycles. The SMILES string of the molecule is CC(C)(CCNc1cccc(OCC#N)c1)NC(=O)OC(C)(C)C. The molecule has 0 aromatic heterocycles. The van der Waals surface area contributed by atoms with Gasteiger partial charge < -0.3 is 20.1 Å². The van der Waals surface area contributed by atoms with E-state index in [2.05, 4.69) is 10.6 Å². The van der Waals surface area contributed by atoms with E-state index >= 15 is 0 Å². The number of ether oxygens (including phenoxy) is 2. The smallest absolute Gasteiger partial charge is 0.408 e. The Hall–Kier alpha value is -2.42. The van der Waals surface area contributed by atoms with E-state index < -0.39 is 17.2 Å². The fourth-order valence-corrected chi connectivity index (χ4v) is 1.97. The summed E-state index contributed by atoms with van der Waals surface area (Å²) in [4.78, 5) is 11.9. The van der Waals surface area contributed by atoms with Gasteiger partial charge in [0.15, 0.2) is 6.61 Å². The number of rotatable bonds is 7. The Morgan fingerprint density at radius 1 is 1.25 bits per heavy atom. The fraction of sp³-hybridized carbons (Fsp3) is 0.556. The fourth-order valence-electron chi connectivity index (χ4n) is 1.97. The number of carbonyl (C=O) groups is 1. The lowest BCUT2D eigenvalue weighted by Crippen LogP contribution is -2.46. The molecule has 0 spiro atoms. The number of nitrogens with one attached hydrogen (secondary N) is 2. The van der Waals surface area contributed by atoms with Gasteiger partial charge in [-0.2, -0.15) is 5.26 Å². The summed E-state index contributed by atoms with van der Waals surface area (Å²) in [6.45, 7) is 10.1. The van der Waals surface area contributed by atoms with Crippen molar-refractivity contribution in [2.24, 2.45) is 0 Å². The van der Waals surface area contributed by atoms with Crippen LogP contribution in [-0.2, 0) is 4.74 Å². The lowest BCUT2D eigenvalue weighted by atomic mass is 10.0. The van der Waals surface area contributed by atoms with Crippen LogP contribution in [0, 0.1) is 11.3 Å². The maximum Gasteiger partial charge on any atom is 0.408 e. The maximum absolute atomic E-state index is 11.9. The van der Waals surface area contributed by atoms with Crippen molar-refractivity contribution >= 4 is 11.8 Å². The third-order valence-corrected chi connectivity index (χ3v) is 3.06. The molecule has 24 heavy (non-hydrogen) atoms. The van der Waals surface area contributed by atoms with Crippen LogP contribution in [0.5, 0.6) is 5.75 Å². The van der Waals surface area contributed by atoms with E-state index in [1.165, 1.54) is 0 Å². The Morgan fingerprint density at radius 3 is 2.58 bits per heavy atom. The average Bonchev–Trinajstić information content (AvgIpc) is 2.42. The molecule has 0 saturated carbocycles. The van der Waals surface area contributed by atoms with Gasteiger partial charge in [-0.05, 0) is 53.2 Å². The summed E-state index contributed by atoms with van der Waals surface area (Å²) in [6.07, 6.45) is 0.301. The highest BCUT2D eigenvalue weighted by atomic mass is 16.6. The van der Waals surface area contributed by atoms with Gasteiger partial charge in [0.05, 0.1) is 0 Å². The molecular formula is C18H27N3O3. The third kappa shape index (κ3) is 8.28. The lowest BCUT2D eigenvalue weighted by molar-refractivity contribution is 0.0470. The second-order valence-corrected chi connectivity index (χ2v) is 7.16. The van der Waals surface area contributed by atoms with Gasteiger partial charge in [0, 0.05) is 23.8 Å². The molecule has 0 unspecified atom stereocenters. The van der Waals surface area contributed by atoms with Crippen LogP contribution in [0.2, 0.25) is 0 Å². The van der Waals surface area contributed by atoms with Gasteiger partial charge >= 0.3 is 6.09 Å². The minimum Gasteiger partial charge on any atom is -0.479 e. The first kappa shape index (κ1) is 19.6. The highest BCUT2D eigenvalue weighted by Crippen LogP contribution is 2.18. The van der Waals surface area contributed by atoms with Crippen molar-refractivity contribution in [1.82, 2.24) is 5.32 Å². The Bertz CT molecular complexity index is 586. The molecule has 1 rings (SSSR count). The van der Waals surface area contributed by atoms with Crippen LogP contribution in [0.1, 0.15) is 41.0 Å². The monoisotopic (exact) mass is 333 g/mol. The second kappa shape index (κ2) is 8.44. The van der Waals surface area contributed by atoms with Crippen LogP contribution in [0.4, 0.5) is 10.5 Å². The Kier molecular flexibility index (Phi) is 6.90. The molecule has 2 N–H and O–H groups in total. The number of nitriles is 1. The molecule has 1 aromatic carbocycles. The van der Waals surface area contributed by atoms with E-state index in [1.807, 2.05) is 58.9 Å². The highest BCUT2D eigenvalue weighted by molar-refractivity contribution is 5.68. The van der Waals surface area contributed by atoms with Gasteiger partial charge in [0.25, 0.3) is 0 Å². The number of hydrogen-bond donors (Lipinski definition) is 2. The van der Waals surface area contributed by atoms with Gasteiger partial charge in [-0.25, -0.2) is 4.79 Å². The molecule has 1 aromatic rings. The van der Waals surface area contributed by atoms with Crippen molar-refractivity contribution in [2.75, 3.05) is 18.5 Å². The third-order valence-electron chi connectivity index (χ3n) is 3.06. The number of hydrogen-bond acceptors (Lipinski definition) is 5. The van der Waals surface area contributed by atoms with Gasteiger partial charge in [-0.1, -0.05) is 6.07 Å². The van der Waals surface area contributed by atoms with E-state index in [4.69, 9.17) is 14.7 Å². The van der Waals surface area contributed by atoms with E-state index in [9.17, 15) is 4.79 Å². The van der Waals surface area contributed by atoms with E-state index in [1.54, 1.807) is 6.07 Å². The first-order valence-corrected chi connectivity index (χ1v) is 7.96. The Morgan fingerprint density at radius 2 is 1.96 bits per heavy atom. The van der Waals surface area contributed by atoms with Crippen molar-refractivity contribution in [1.29, 1.82) is 5.26 Å². The van der Waals surface area contributed by atoms with Crippen LogP contribution < -0.4 is 15.4 Å². The first-order chi connectivity index (χ1) is 11.1. The molecule has 6 heteroatoms. The standard InChI is InChI=1S/C18H27N3O3/c1-17(2,3)24-16(22)21-18(4,5)9-11-20-14-7-6-8-15(13-14)23-12-10-19/h6-8,13,20H,9,11-12H2,1-5H3,(H,21,22). The van der Waals surface area contributed by atoms with E-state index in [0.717, 1.165) is 12.1 Å². The normalized spacial score (nSPS) is 11.3. The summed E-state index contributed by atoms with van der Waals surface area (Å²) in [7, 11) is 0. The first-order valence-electron chi connectivity index (χ1n) is 7.96. The summed E-state index contributed by atoms with van der Waals surface area (Å²) in [6, 6.07) is 9.36. The number of benzene rings is 1. The number of anilines is 1. The molecule has 0 saturated heterocycles. The molecule has 0 fully saturated rings. The van der Waals surface area contributed by atoms with Crippen molar-refractivity contribution in [3.05, 3.63) is 24.3 Å². The zero-order valence-electron chi connectivity index (χ0n) is 15.1. The molecule has 6 nitrogen and oxygen atoms in total. The highest BCUT2D eigenvalue weighted by Gasteiger charge is 2.24. The van der Waals surface area contributed by atoms with Crippen LogP contribution in [-0.4, -0.2) is 30.4 Å². The van der Waals surface area contributed by atoms with Crippen LogP contribution in [0.3, 0.4) is 0 Å². The van der Waals surface area contributed by atoms with E-state index in [0.29, 0.717) is 12.3 Å². The summed E-state index contributed by atoms with van der Waals surface area (Å²) >= 11 is 0. The quantitative estimate of drug-likeness (QED) is 0.795. The zero-order valence-corrected chi connectivity index (χ0v) is 15.1. The topological polar surface area (TPSA) is 83.4 Å². The molecule has 0 bridgehead atoms. The van der Waals surface area contributed by atoms with Crippen molar-refractivity contribution < 1.29 is 14.3 Å². The molecule has 0 aliphatic rings. The maximum atomic E-state index is 11.9. The Balaban J connectivity index is 2.45. The average molecular weight is 333 g/mol. The number of carbonyl (C=O) groups excluding carboxylic acids is 1. The molecule has 0 aliphatic carbocycles. The van der Waals surface area contributed by atoms with Crippen molar-refractivity contribution in [2.45, 2.75) is 52.2 Å². The van der Waals surface area contributed by atoms with Crippen molar-refractivity contribution in [3.63, 3.8) is 0 Å². The van der Waals surface area contributed by atoms with Gasteiger partial charge in [0.1, 0.15) is 17.4 Å². The van der Waals surface area contributed by atoms with Crippen LogP contribution in [0.25, 0.3) is 0 Å². The van der Waals surface area contributed by atoms with Gasteiger partial charge in [-0.15, -0.1) is 0 Å². The summed E-state index contributed by atoms with van der Waals surface area (Å²) in [5, 5.41) is 14.7. The summed E-state index contributed by atoms with van der Waals surface area (Å²) in [5.41, 5.74) is -0.00879. The predicted octanol–water partition coefficient (Wildman–Crippen LogP) is 3.69. The minimum absolute atomic E-state index is 0.0241. The lowest BCUT2D eigenvalue weighted by Gasteiger charge is -2.28. The number of nitrogens with zero attached hydrogens (tertiary/aromatic N) is 1. The zero-order chi connectivity index (χ0) is 18.2. The molecule has 1 amide bonds. The molecule has 0 heterocycles. The Labute approximate surface area is 144 Å². The summed E-state index contributed by atoms with van der Waals surface area (Å²) in [5.74, 6) is 0.646. The van der Waals surface area contributed by atoms with Gasteiger partial charge in [0.2, 0.25) is 0 Å². The number of alkyl carbamates (subject to hydrolysis) is 1. The van der Waals surface area contributed by atoms with Crippen LogP contribution in [0.15, 0.2) is 24.3 Å². The molecule has 0 radical (unpaired) electrons. The molecule has 0 atom stereocenters. The molecule has 132 valence electrons. The molecular weight excluding hydrogens is 306 g/mol. The van der Waals surface area contributed by atoms with Crippen LogP contribution >= 0.6 is 0 Å².